The Labute approximate surface area is 54.9 Å². The van der Waals surface area contributed by atoms with E-state index in [-0.39, 0.29) is 6.04 Å². The average Bonchev–Trinajstić information content (AvgIpc) is 1.90. The Morgan fingerprint density at radius 1 is 1.67 bits per heavy atom. The summed E-state index contributed by atoms with van der Waals surface area (Å²) >= 11 is 0. The van der Waals surface area contributed by atoms with E-state index in [2.05, 4.69) is 11.5 Å². The lowest BCUT2D eigenvalue weighted by Gasteiger charge is -2.01. The summed E-state index contributed by atoms with van der Waals surface area (Å²) < 4.78 is 0. The number of nitrogens with two attached hydrogens (primary N) is 1. The van der Waals surface area contributed by atoms with Crippen LogP contribution in [-0.2, 0) is 0 Å². The summed E-state index contributed by atoms with van der Waals surface area (Å²) in [5.41, 5.74) is 12.3. The fourth-order valence-electron chi connectivity index (χ4n) is 0.632. The van der Waals surface area contributed by atoms with Gasteiger partial charge in [-0.15, -0.1) is 0 Å². The molecule has 1 aliphatic rings. The molecule has 0 unspecified atom stereocenters. The van der Waals surface area contributed by atoms with E-state index >= 15 is 0 Å². The van der Waals surface area contributed by atoms with Crippen LogP contribution in [0.25, 0.3) is 0 Å². The molecule has 0 fully saturated rings. The molecule has 1 heteroatoms. The van der Waals surface area contributed by atoms with Gasteiger partial charge in [0.1, 0.15) is 0 Å². The van der Waals surface area contributed by atoms with E-state index in [9.17, 15) is 0 Å². The highest BCUT2D eigenvalue weighted by molar-refractivity contribution is 5.28. The number of allylic oxidation sites excluding steroid dienone is 2. The lowest BCUT2D eigenvalue weighted by molar-refractivity contribution is 0.887. The molecule has 46 valence electrons. The van der Waals surface area contributed by atoms with E-state index in [0.717, 1.165) is 5.57 Å². The summed E-state index contributed by atoms with van der Waals surface area (Å²) in [4.78, 5) is 0. The Kier molecular flexibility index (Phi) is 1.72. The predicted molar refractivity (Wildman–Crippen MR) is 37.9 cm³/mol. The Balaban J connectivity index is 2.94. The van der Waals surface area contributed by atoms with Gasteiger partial charge in [-0.05, 0) is 19.1 Å². The van der Waals surface area contributed by atoms with Gasteiger partial charge in [-0.2, -0.15) is 0 Å². The fraction of sp³-hybridized carbons (Fsp3) is 0.250. The molecule has 0 heterocycles. The van der Waals surface area contributed by atoms with E-state index in [4.69, 9.17) is 5.73 Å². The standard InChI is InChI=1S/C8H9N/c1-7(9)8-5-3-2-4-6-8/h2-3,5,7H,9H2,1H3/t7-/m1/s1. The molecule has 9 heavy (non-hydrogen) atoms. The lowest BCUT2D eigenvalue weighted by Crippen LogP contribution is -2.16. The van der Waals surface area contributed by atoms with Crippen LogP contribution in [0.5, 0.6) is 0 Å². The Bertz CT molecular complexity index is 221. The van der Waals surface area contributed by atoms with Gasteiger partial charge in [0.2, 0.25) is 0 Å². The van der Waals surface area contributed by atoms with Gasteiger partial charge in [-0.25, -0.2) is 0 Å². The van der Waals surface area contributed by atoms with E-state index in [1.807, 2.05) is 25.2 Å². The van der Waals surface area contributed by atoms with Crippen LogP contribution in [0.1, 0.15) is 6.92 Å². The molecule has 1 aliphatic carbocycles. The van der Waals surface area contributed by atoms with Crippen molar-refractivity contribution in [2.24, 2.45) is 5.73 Å². The smallest absolute Gasteiger partial charge is 0.0346 e. The molecule has 0 saturated heterocycles. The van der Waals surface area contributed by atoms with Crippen molar-refractivity contribution in [3.8, 4) is 0 Å². The molecule has 1 nitrogen and oxygen atoms in total. The highest BCUT2D eigenvalue weighted by Gasteiger charge is 1.96. The molecule has 0 amide bonds. The highest BCUT2D eigenvalue weighted by atomic mass is 14.6. The second-order valence-corrected chi connectivity index (χ2v) is 2.04. The van der Waals surface area contributed by atoms with Crippen LogP contribution in [0.2, 0.25) is 0 Å². The van der Waals surface area contributed by atoms with Crippen LogP contribution in [0.15, 0.2) is 35.3 Å². The monoisotopic (exact) mass is 119 g/mol. The summed E-state index contributed by atoms with van der Waals surface area (Å²) in [6.45, 7) is 1.93. The first-order valence-electron chi connectivity index (χ1n) is 2.94. The summed E-state index contributed by atoms with van der Waals surface area (Å²) in [6.07, 6.45) is 5.67. The van der Waals surface area contributed by atoms with Crippen molar-refractivity contribution in [2.75, 3.05) is 0 Å². The zero-order valence-electron chi connectivity index (χ0n) is 5.39. The van der Waals surface area contributed by atoms with Gasteiger partial charge in [0.25, 0.3) is 0 Å². The Morgan fingerprint density at radius 2 is 2.44 bits per heavy atom. The maximum Gasteiger partial charge on any atom is 0.0346 e. The largest absolute Gasteiger partial charge is 0.324 e. The van der Waals surface area contributed by atoms with Crippen LogP contribution in [0.4, 0.5) is 0 Å². The van der Waals surface area contributed by atoms with Crippen LogP contribution < -0.4 is 5.73 Å². The van der Waals surface area contributed by atoms with Gasteiger partial charge in [0.15, 0.2) is 0 Å². The minimum absolute atomic E-state index is 0.0717. The summed E-state index contributed by atoms with van der Waals surface area (Å²) in [5.74, 6) is 0. The van der Waals surface area contributed by atoms with Gasteiger partial charge < -0.3 is 5.73 Å². The maximum absolute atomic E-state index is 5.56. The summed E-state index contributed by atoms with van der Waals surface area (Å²) in [6, 6.07) is 0.0717. The first-order chi connectivity index (χ1) is 4.30. The third-order valence-electron chi connectivity index (χ3n) is 1.16. The summed E-state index contributed by atoms with van der Waals surface area (Å²) in [7, 11) is 0. The van der Waals surface area contributed by atoms with Crippen LogP contribution in [0, 0.1) is 0 Å². The quantitative estimate of drug-likeness (QED) is 0.515. The lowest BCUT2D eigenvalue weighted by atomic mass is 10.1. The summed E-state index contributed by atoms with van der Waals surface area (Å²) in [5, 5.41) is 0. The van der Waals surface area contributed by atoms with E-state index in [1.165, 1.54) is 0 Å². The minimum atomic E-state index is 0.0717. The van der Waals surface area contributed by atoms with E-state index in [0.29, 0.717) is 0 Å². The number of hydrogen-bond acceptors (Lipinski definition) is 1. The molecule has 0 bridgehead atoms. The molecule has 1 atom stereocenters. The van der Waals surface area contributed by atoms with Crippen molar-refractivity contribution < 1.29 is 0 Å². The molecule has 0 spiro atoms. The SMILES string of the molecule is C[C@@H](N)C1=C=C=CC=C1. The molecule has 0 aliphatic heterocycles. The van der Waals surface area contributed by atoms with Crippen molar-refractivity contribution in [3.63, 3.8) is 0 Å². The number of hydrogen-bond donors (Lipinski definition) is 1. The molecule has 1 rings (SSSR count). The first kappa shape index (κ1) is 6.12. The number of rotatable bonds is 1. The van der Waals surface area contributed by atoms with Crippen molar-refractivity contribution >= 4 is 0 Å². The van der Waals surface area contributed by atoms with Gasteiger partial charge in [-0.1, -0.05) is 17.5 Å². The molecular weight excluding hydrogens is 110 g/mol. The minimum Gasteiger partial charge on any atom is -0.324 e. The van der Waals surface area contributed by atoms with Crippen LogP contribution >= 0.6 is 0 Å². The van der Waals surface area contributed by atoms with Crippen molar-refractivity contribution in [2.45, 2.75) is 13.0 Å². The van der Waals surface area contributed by atoms with E-state index in [1.54, 1.807) is 0 Å². The van der Waals surface area contributed by atoms with Gasteiger partial charge in [-0.3, -0.25) is 0 Å². The van der Waals surface area contributed by atoms with Gasteiger partial charge >= 0.3 is 0 Å². The molecular formula is C8H9N. The zero-order chi connectivity index (χ0) is 6.69. The topological polar surface area (TPSA) is 26.0 Å². The normalized spacial score (nSPS) is 17.8. The van der Waals surface area contributed by atoms with Crippen LogP contribution in [0.3, 0.4) is 0 Å². The first-order valence-corrected chi connectivity index (χ1v) is 2.94. The molecule has 0 aromatic heterocycles. The fourth-order valence-corrected chi connectivity index (χ4v) is 0.632. The van der Waals surface area contributed by atoms with E-state index < -0.39 is 0 Å². The Hall–Kier alpha value is -1.00. The van der Waals surface area contributed by atoms with Crippen molar-refractivity contribution in [1.29, 1.82) is 0 Å². The molecule has 0 saturated carbocycles. The van der Waals surface area contributed by atoms with Crippen molar-refractivity contribution in [3.05, 3.63) is 35.3 Å². The average molecular weight is 119 g/mol. The third-order valence-corrected chi connectivity index (χ3v) is 1.16. The van der Waals surface area contributed by atoms with Crippen molar-refractivity contribution in [1.82, 2.24) is 0 Å². The predicted octanol–water partition coefficient (Wildman–Crippen LogP) is 1.14. The molecule has 0 aromatic carbocycles. The Morgan fingerprint density at radius 3 is 2.78 bits per heavy atom. The zero-order valence-corrected chi connectivity index (χ0v) is 5.39. The molecule has 0 radical (unpaired) electrons. The second kappa shape index (κ2) is 2.52. The second-order valence-electron chi connectivity index (χ2n) is 2.04. The van der Waals surface area contributed by atoms with Crippen LogP contribution in [-0.4, -0.2) is 6.04 Å². The van der Waals surface area contributed by atoms with Gasteiger partial charge in [0.05, 0.1) is 0 Å². The molecule has 2 N–H and O–H groups in total. The maximum atomic E-state index is 5.56. The molecule has 0 aromatic rings. The van der Waals surface area contributed by atoms with Gasteiger partial charge in [0, 0.05) is 11.6 Å². The third kappa shape index (κ3) is 1.45. The highest BCUT2D eigenvalue weighted by Crippen LogP contribution is 2.01.